The molecule has 0 aliphatic carbocycles. The van der Waals surface area contributed by atoms with Gasteiger partial charge in [0.25, 0.3) is 0 Å². The Morgan fingerprint density at radius 3 is 2.00 bits per heavy atom. The molecule has 0 fully saturated rings. The number of rotatable bonds is 13. The Labute approximate surface area is 165 Å². The average molecular weight is 420 g/mol. The second kappa shape index (κ2) is 12.5. The first kappa shape index (κ1) is 25.1. The Balaban J connectivity index is 4.84. The third-order valence-electron chi connectivity index (χ3n) is 3.31. The van der Waals surface area contributed by atoms with E-state index < -0.39 is 66.6 Å². The van der Waals surface area contributed by atoms with Crippen molar-refractivity contribution in [2.75, 3.05) is 12.3 Å². The highest BCUT2D eigenvalue weighted by atomic mass is 32.1. The van der Waals surface area contributed by atoms with Crippen LogP contribution in [0.1, 0.15) is 19.3 Å². The molecule has 0 saturated carbocycles. The molecule has 14 heteroatoms. The Morgan fingerprint density at radius 2 is 1.54 bits per heavy atom. The van der Waals surface area contributed by atoms with Gasteiger partial charge in [-0.25, -0.2) is 4.79 Å². The summed E-state index contributed by atoms with van der Waals surface area (Å²) in [5, 5.41) is 15.4. The van der Waals surface area contributed by atoms with E-state index in [4.69, 9.17) is 22.3 Å². The zero-order valence-corrected chi connectivity index (χ0v) is 15.7. The normalized spacial score (nSPS) is 13.5. The first-order chi connectivity index (χ1) is 13.0. The number of amides is 5. The van der Waals surface area contributed by atoms with Crippen molar-refractivity contribution in [2.45, 2.75) is 37.4 Å². The van der Waals surface area contributed by atoms with E-state index in [0.29, 0.717) is 0 Å². The number of nitrogens with one attached hydrogen (secondary N) is 3. The van der Waals surface area contributed by atoms with Crippen molar-refractivity contribution >= 4 is 48.1 Å². The fourth-order valence-electron chi connectivity index (χ4n) is 1.85. The molecule has 10 N–H and O–H groups in total. The molecular formula is C14H24N6O7S. The van der Waals surface area contributed by atoms with E-state index in [-0.39, 0.29) is 18.6 Å². The van der Waals surface area contributed by atoms with Crippen molar-refractivity contribution < 1.29 is 33.9 Å². The summed E-state index contributed by atoms with van der Waals surface area (Å²) in [6.07, 6.45) is -0.998. The molecule has 13 nitrogen and oxygen atoms in total. The lowest BCUT2D eigenvalue weighted by atomic mass is 10.1. The standard InChI is InChI=1S/C14H24N6O7S/c15-6(5-28)12(24)20-7(1-2-9(16)21)13(25)18-4-11(23)19-8(14(26)27)3-10(17)22/h6-8,28H,1-5,15H2,(H2,16,21)(H2,17,22)(H,18,25)(H,19,23)(H,20,24)(H,26,27). The third-order valence-corrected chi connectivity index (χ3v) is 3.70. The summed E-state index contributed by atoms with van der Waals surface area (Å²) in [7, 11) is 0. The third kappa shape index (κ3) is 10.3. The van der Waals surface area contributed by atoms with Gasteiger partial charge in [0.2, 0.25) is 29.5 Å². The highest BCUT2D eigenvalue weighted by molar-refractivity contribution is 7.80. The number of carbonyl (C=O) groups is 6. The van der Waals surface area contributed by atoms with Crippen LogP contribution >= 0.6 is 12.6 Å². The number of carbonyl (C=O) groups excluding carboxylic acids is 5. The summed E-state index contributed by atoms with van der Waals surface area (Å²) < 4.78 is 0. The largest absolute Gasteiger partial charge is 0.480 e. The van der Waals surface area contributed by atoms with E-state index in [2.05, 4.69) is 23.3 Å². The molecule has 5 amide bonds. The highest BCUT2D eigenvalue weighted by Crippen LogP contribution is 1.99. The zero-order valence-electron chi connectivity index (χ0n) is 14.8. The van der Waals surface area contributed by atoms with Crippen LogP contribution in [0.5, 0.6) is 0 Å². The van der Waals surface area contributed by atoms with E-state index in [9.17, 15) is 28.8 Å². The van der Waals surface area contributed by atoms with E-state index in [0.717, 1.165) is 0 Å². The minimum absolute atomic E-state index is 0.00877. The number of hydrogen-bond acceptors (Lipinski definition) is 8. The molecule has 0 aliphatic heterocycles. The van der Waals surface area contributed by atoms with Gasteiger partial charge in [-0.1, -0.05) is 0 Å². The lowest BCUT2D eigenvalue weighted by molar-refractivity contribution is -0.143. The predicted molar refractivity (Wildman–Crippen MR) is 98.6 cm³/mol. The molecule has 0 aliphatic rings. The first-order valence-electron chi connectivity index (χ1n) is 8.01. The Bertz CT molecular complexity index is 629. The average Bonchev–Trinajstić information content (AvgIpc) is 2.60. The lowest BCUT2D eigenvalue weighted by Crippen LogP contribution is -2.54. The van der Waals surface area contributed by atoms with E-state index in [1.165, 1.54) is 0 Å². The van der Waals surface area contributed by atoms with Crippen LogP contribution in [-0.4, -0.2) is 71.0 Å². The highest BCUT2D eigenvalue weighted by Gasteiger charge is 2.25. The van der Waals surface area contributed by atoms with Crippen LogP contribution in [0.25, 0.3) is 0 Å². The summed E-state index contributed by atoms with van der Waals surface area (Å²) in [5.41, 5.74) is 15.4. The molecule has 28 heavy (non-hydrogen) atoms. The predicted octanol–water partition coefficient (Wildman–Crippen LogP) is -4.45. The lowest BCUT2D eigenvalue weighted by Gasteiger charge is -2.20. The van der Waals surface area contributed by atoms with Gasteiger partial charge in [0.1, 0.15) is 12.1 Å². The smallest absolute Gasteiger partial charge is 0.326 e. The monoisotopic (exact) mass is 420 g/mol. The number of nitrogens with two attached hydrogens (primary N) is 3. The van der Waals surface area contributed by atoms with Gasteiger partial charge in [0.05, 0.1) is 19.0 Å². The summed E-state index contributed by atoms with van der Waals surface area (Å²) >= 11 is 3.86. The van der Waals surface area contributed by atoms with Gasteiger partial charge in [-0.05, 0) is 6.42 Å². The van der Waals surface area contributed by atoms with Crippen LogP contribution < -0.4 is 33.2 Å². The number of carboxylic acids is 1. The number of carboxylic acid groups (broad SMARTS) is 1. The molecule has 3 atom stereocenters. The first-order valence-corrected chi connectivity index (χ1v) is 8.64. The molecule has 3 unspecified atom stereocenters. The molecule has 0 spiro atoms. The molecule has 0 bridgehead atoms. The Morgan fingerprint density at radius 1 is 0.929 bits per heavy atom. The van der Waals surface area contributed by atoms with Crippen molar-refractivity contribution in [3.63, 3.8) is 0 Å². The van der Waals surface area contributed by atoms with Crippen LogP contribution in [0.4, 0.5) is 0 Å². The van der Waals surface area contributed by atoms with Crippen LogP contribution in [0.2, 0.25) is 0 Å². The maximum atomic E-state index is 12.2. The molecule has 0 rings (SSSR count). The second-order valence-electron chi connectivity index (χ2n) is 5.70. The van der Waals surface area contributed by atoms with Crippen molar-refractivity contribution in [2.24, 2.45) is 17.2 Å². The van der Waals surface area contributed by atoms with Crippen molar-refractivity contribution in [1.29, 1.82) is 0 Å². The summed E-state index contributed by atoms with van der Waals surface area (Å²) in [6, 6.07) is -3.76. The molecule has 0 aromatic heterocycles. The summed E-state index contributed by atoms with van der Waals surface area (Å²) in [5.74, 6) is -5.55. The van der Waals surface area contributed by atoms with Crippen LogP contribution in [0.15, 0.2) is 0 Å². The number of aliphatic carboxylic acids is 1. The van der Waals surface area contributed by atoms with E-state index in [1.54, 1.807) is 0 Å². The topological polar surface area (TPSA) is 237 Å². The summed E-state index contributed by atoms with van der Waals surface area (Å²) in [4.78, 5) is 68.5. The van der Waals surface area contributed by atoms with Gasteiger partial charge < -0.3 is 38.3 Å². The van der Waals surface area contributed by atoms with Crippen molar-refractivity contribution in [3.8, 4) is 0 Å². The number of hydrogen-bond donors (Lipinski definition) is 8. The number of thiol groups is 1. The van der Waals surface area contributed by atoms with Crippen LogP contribution in [-0.2, 0) is 28.8 Å². The van der Waals surface area contributed by atoms with E-state index >= 15 is 0 Å². The van der Waals surface area contributed by atoms with Crippen LogP contribution in [0, 0.1) is 0 Å². The van der Waals surface area contributed by atoms with Gasteiger partial charge in [-0.3, -0.25) is 24.0 Å². The molecule has 0 aromatic rings. The van der Waals surface area contributed by atoms with Gasteiger partial charge in [-0.15, -0.1) is 0 Å². The van der Waals surface area contributed by atoms with E-state index in [1.807, 2.05) is 5.32 Å². The zero-order chi connectivity index (χ0) is 21.9. The molecule has 0 radical (unpaired) electrons. The SMILES string of the molecule is NC(=O)CCC(NC(=O)C(N)CS)C(=O)NCC(=O)NC(CC(N)=O)C(=O)O. The molecule has 0 heterocycles. The quantitative estimate of drug-likeness (QED) is 0.135. The van der Waals surface area contributed by atoms with Crippen molar-refractivity contribution in [1.82, 2.24) is 16.0 Å². The fourth-order valence-corrected chi connectivity index (χ4v) is 2.02. The molecule has 158 valence electrons. The van der Waals surface area contributed by atoms with Crippen molar-refractivity contribution in [3.05, 3.63) is 0 Å². The minimum atomic E-state index is -1.55. The van der Waals surface area contributed by atoms with Gasteiger partial charge in [0.15, 0.2) is 0 Å². The fraction of sp³-hybridized carbons (Fsp3) is 0.571. The number of primary amides is 2. The van der Waals surface area contributed by atoms with Gasteiger partial charge >= 0.3 is 5.97 Å². The summed E-state index contributed by atoms with van der Waals surface area (Å²) in [6.45, 7) is -0.650. The van der Waals surface area contributed by atoms with Crippen LogP contribution in [0.3, 0.4) is 0 Å². The molecule has 0 aromatic carbocycles. The Hall–Kier alpha value is -2.87. The maximum absolute atomic E-state index is 12.2. The molecule has 0 saturated heterocycles. The maximum Gasteiger partial charge on any atom is 0.326 e. The minimum Gasteiger partial charge on any atom is -0.480 e. The second-order valence-corrected chi connectivity index (χ2v) is 6.07. The van der Waals surface area contributed by atoms with Gasteiger partial charge in [0, 0.05) is 12.2 Å². The van der Waals surface area contributed by atoms with Gasteiger partial charge in [-0.2, -0.15) is 12.6 Å². The Kier molecular flexibility index (Phi) is 11.2. The molecular weight excluding hydrogens is 396 g/mol.